The number of rotatable bonds is 9. The van der Waals surface area contributed by atoms with E-state index in [0.717, 1.165) is 28.4 Å². The lowest BCUT2D eigenvalue weighted by Crippen LogP contribution is -2.22. The highest BCUT2D eigenvalue weighted by Crippen LogP contribution is 2.32. The van der Waals surface area contributed by atoms with E-state index in [-0.39, 0.29) is 5.56 Å². The van der Waals surface area contributed by atoms with Crippen LogP contribution in [0.2, 0.25) is 0 Å². The number of allylic oxidation sites excluding steroid dienone is 1. The van der Waals surface area contributed by atoms with E-state index >= 15 is 0 Å². The zero-order valence-electron chi connectivity index (χ0n) is 18.0. The Labute approximate surface area is 190 Å². The van der Waals surface area contributed by atoms with Gasteiger partial charge in [-0.25, -0.2) is 4.98 Å². The van der Waals surface area contributed by atoms with E-state index in [1.807, 2.05) is 24.3 Å². The van der Waals surface area contributed by atoms with Crippen LogP contribution in [0.15, 0.2) is 57.4 Å². The zero-order chi connectivity index (χ0) is 22.4. The Morgan fingerprint density at radius 2 is 2.03 bits per heavy atom. The van der Waals surface area contributed by atoms with Crippen LogP contribution in [-0.4, -0.2) is 30.1 Å². The van der Waals surface area contributed by atoms with E-state index in [0.29, 0.717) is 41.1 Å². The van der Waals surface area contributed by atoms with Gasteiger partial charge in [0.25, 0.3) is 5.56 Å². The predicted molar refractivity (Wildman–Crippen MR) is 129 cm³/mol. The molecule has 162 valence electrons. The standard InChI is InChI=1S/C24H26BrN3O3/c1-5-7-9-22-27-20-11-10-18(25)14-19(20)24(29)28(22)26-15-16-12-17(8-6-2)23(31-4)21(13-16)30-3/h6,10-15H,2,5,7-9H2,1,3-4H3. The van der Waals surface area contributed by atoms with E-state index in [9.17, 15) is 4.79 Å². The van der Waals surface area contributed by atoms with Crippen LogP contribution >= 0.6 is 15.9 Å². The molecule has 0 aliphatic carbocycles. The van der Waals surface area contributed by atoms with Gasteiger partial charge < -0.3 is 9.47 Å². The normalized spacial score (nSPS) is 11.2. The fourth-order valence-corrected chi connectivity index (χ4v) is 3.74. The molecule has 7 heteroatoms. The predicted octanol–water partition coefficient (Wildman–Crippen LogP) is 5.13. The molecule has 0 aliphatic rings. The summed E-state index contributed by atoms with van der Waals surface area (Å²) >= 11 is 3.43. The number of methoxy groups -OCH3 is 2. The summed E-state index contributed by atoms with van der Waals surface area (Å²) in [5.74, 6) is 1.91. The lowest BCUT2D eigenvalue weighted by molar-refractivity contribution is 0.352. The molecule has 0 amide bonds. The van der Waals surface area contributed by atoms with Gasteiger partial charge in [-0.15, -0.1) is 6.58 Å². The topological polar surface area (TPSA) is 65.7 Å². The number of hydrogen-bond donors (Lipinski definition) is 0. The van der Waals surface area contributed by atoms with Crippen LogP contribution in [0.25, 0.3) is 10.9 Å². The van der Waals surface area contributed by atoms with Crippen LogP contribution in [0.5, 0.6) is 11.5 Å². The Kier molecular flexibility index (Phi) is 7.63. The van der Waals surface area contributed by atoms with Crippen LogP contribution in [0.1, 0.15) is 36.7 Å². The summed E-state index contributed by atoms with van der Waals surface area (Å²) in [6, 6.07) is 9.29. The van der Waals surface area contributed by atoms with Gasteiger partial charge in [-0.05, 0) is 48.7 Å². The fraction of sp³-hybridized carbons (Fsp3) is 0.292. The minimum Gasteiger partial charge on any atom is -0.493 e. The first-order chi connectivity index (χ1) is 15.0. The van der Waals surface area contributed by atoms with Crippen molar-refractivity contribution >= 4 is 33.0 Å². The third-order valence-electron chi connectivity index (χ3n) is 4.89. The van der Waals surface area contributed by atoms with Gasteiger partial charge in [0, 0.05) is 16.5 Å². The molecule has 3 aromatic rings. The van der Waals surface area contributed by atoms with Crippen molar-refractivity contribution in [3.05, 3.63) is 74.8 Å². The number of aromatic nitrogens is 2. The molecule has 0 N–H and O–H groups in total. The van der Waals surface area contributed by atoms with Crippen molar-refractivity contribution < 1.29 is 9.47 Å². The minimum absolute atomic E-state index is 0.194. The summed E-state index contributed by atoms with van der Waals surface area (Å²) in [5, 5.41) is 5.04. The van der Waals surface area contributed by atoms with Gasteiger partial charge in [0.05, 0.1) is 31.3 Å². The van der Waals surface area contributed by atoms with Gasteiger partial charge in [-0.3, -0.25) is 4.79 Å². The number of halogens is 1. The maximum absolute atomic E-state index is 13.2. The fourth-order valence-electron chi connectivity index (χ4n) is 3.38. The molecule has 0 unspecified atom stereocenters. The summed E-state index contributed by atoms with van der Waals surface area (Å²) in [4.78, 5) is 17.9. The molecule has 0 saturated heterocycles. The van der Waals surface area contributed by atoms with Gasteiger partial charge in [0.2, 0.25) is 0 Å². The molecule has 0 spiro atoms. The first-order valence-electron chi connectivity index (χ1n) is 10.1. The number of hydrogen-bond acceptors (Lipinski definition) is 5. The lowest BCUT2D eigenvalue weighted by Gasteiger charge is -2.13. The number of nitrogens with zero attached hydrogens (tertiary/aromatic N) is 3. The first-order valence-corrected chi connectivity index (χ1v) is 10.9. The number of unbranched alkanes of at least 4 members (excludes halogenated alkanes) is 1. The summed E-state index contributed by atoms with van der Waals surface area (Å²) in [7, 11) is 3.20. The van der Waals surface area contributed by atoms with E-state index in [1.165, 1.54) is 4.68 Å². The van der Waals surface area contributed by atoms with Crippen LogP contribution < -0.4 is 15.0 Å². The molecule has 0 atom stereocenters. The number of aryl methyl sites for hydroxylation is 1. The van der Waals surface area contributed by atoms with Gasteiger partial charge >= 0.3 is 0 Å². The Morgan fingerprint density at radius 3 is 2.71 bits per heavy atom. The molecule has 2 aromatic carbocycles. The highest BCUT2D eigenvalue weighted by molar-refractivity contribution is 9.10. The Morgan fingerprint density at radius 1 is 1.23 bits per heavy atom. The monoisotopic (exact) mass is 483 g/mol. The molecule has 3 rings (SSSR count). The zero-order valence-corrected chi connectivity index (χ0v) is 19.6. The highest BCUT2D eigenvalue weighted by Gasteiger charge is 2.13. The Bertz CT molecular complexity index is 1180. The van der Waals surface area contributed by atoms with Gasteiger partial charge in [-0.1, -0.05) is 35.4 Å². The third kappa shape index (κ3) is 5.05. The summed E-state index contributed by atoms with van der Waals surface area (Å²) in [5.41, 5.74) is 2.19. The molecule has 0 saturated carbocycles. The lowest BCUT2D eigenvalue weighted by atomic mass is 10.1. The highest BCUT2D eigenvalue weighted by atomic mass is 79.9. The van der Waals surface area contributed by atoms with E-state index in [4.69, 9.17) is 14.5 Å². The average Bonchev–Trinajstić information content (AvgIpc) is 2.77. The second kappa shape index (κ2) is 10.4. The molecule has 6 nitrogen and oxygen atoms in total. The summed E-state index contributed by atoms with van der Waals surface area (Å²) in [6.45, 7) is 5.92. The third-order valence-corrected chi connectivity index (χ3v) is 5.39. The van der Waals surface area contributed by atoms with Crippen molar-refractivity contribution in [2.45, 2.75) is 32.6 Å². The van der Waals surface area contributed by atoms with E-state index in [2.05, 4.69) is 34.5 Å². The number of fused-ring (bicyclic) bond motifs is 1. The van der Waals surface area contributed by atoms with Gasteiger partial charge in [0.15, 0.2) is 11.5 Å². The second-order valence-corrected chi connectivity index (χ2v) is 7.98. The van der Waals surface area contributed by atoms with E-state index < -0.39 is 0 Å². The minimum atomic E-state index is -0.194. The summed E-state index contributed by atoms with van der Waals surface area (Å²) in [6.07, 6.45) is 6.66. The maximum atomic E-state index is 13.2. The molecule has 0 radical (unpaired) electrons. The van der Waals surface area contributed by atoms with Crippen molar-refractivity contribution in [3.8, 4) is 11.5 Å². The molecule has 1 heterocycles. The van der Waals surface area contributed by atoms with E-state index in [1.54, 1.807) is 32.6 Å². The molecule has 0 fully saturated rings. The molecular weight excluding hydrogens is 458 g/mol. The SMILES string of the molecule is C=CCc1cc(C=Nn2c(CCCC)nc3ccc(Br)cc3c2=O)cc(OC)c1OC. The van der Waals surface area contributed by atoms with Crippen molar-refractivity contribution in [2.75, 3.05) is 14.2 Å². The average molecular weight is 484 g/mol. The van der Waals surface area contributed by atoms with Crippen LogP contribution in [0.3, 0.4) is 0 Å². The van der Waals surface area contributed by atoms with Crippen molar-refractivity contribution in [1.82, 2.24) is 9.66 Å². The van der Waals surface area contributed by atoms with Gasteiger partial charge in [0.1, 0.15) is 5.82 Å². The quantitative estimate of drug-likeness (QED) is 0.312. The Balaban J connectivity index is 2.13. The smallest absolute Gasteiger partial charge is 0.282 e. The first kappa shape index (κ1) is 22.7. The molecule has 31 heavy (non-hydrogen) atoms. The van der Waals surface area contributed by atoms with Crippen LogP contribution in [0.4, 0.5) is 0 Å². The van der Waals surface area contributed by atoms with Crippen LogP contribution in [-0.2, 0) is 12.8 Å². The summed E-state index contributed by atoms with van der Waals surface area (Å²) < 4.78 is 13.2. The van der Waals surface area contributed by atoms with Crippen molar-refractivity contribution in [2.24, 2.45) is 5.10 Å². The van der Waals surface area contributed by atoms with Crippen LogP contribution in [0, 0.1) is 0 Å². The number of ether oxygens (including phenoxy) is 2. The van der Waals surface area contributed by atoms with Crippen molar-refractivity contribution in [1.29, 1.82) is 0 Å². The Hall–Kier alpha value is -2.93. The molecule has 1 aromatic heterocycles. The molecule has 0 aliphatic heterocycles. The van der Waals surface area contributed by atoms with Gasteiger partial charge in [-0.2, -0.15) is 9.78 Å². The maximum Gasteiger partial charge on any atom is 0.282 e. The van der Waals surface area contributed by atoms with Crippen molar-refractivity contribution in [3.63, 3.8) is 0 Å². The molecular formula is C24H26BrN3O3. The largest absolute Gasteiger partial charge is 0.493 e. The molecule has 0 bridgehead atoms. The number of benzene rings is 2. The second-order valence-electron chi connectivity index (χ2n) is 7.06.